The van der Waals surface area contributed by atoms with Crippen molar-refractivity contribution < 1.29 is 9.84 Å². The first-order chi connectivity index (χ1) is 8.69. The quantitative estimate of drug-likeness (QED) is 0.827. The van der Waals surface area contributed by atoms with Crippen LogP contribution in [0.5, 0.6) is 0 Å². The van der Waals surface area contributed by atoms with E-state index in [9.17, 15) is 0 Å². The lowest BCUT2D eigenvalue weighted by molar-refractivity contribution is -0.0204. The van der Waals surface area contributed by atoms with Crippen LogP contribution < -0.4 is 5.73 Å². The van der Waals surface area contributed by atoms with Crippen molar-refractivity contribution in [1.29, 1.82) is 0 Å². The summed E-state index contributed by atoms with van der Waals surface area (Å²) in [6.07, 6.45) is 3.50. The minimum atomic E-state index is -0.0762. The molecule has 6 heteroatoms. The summed E-state index contributed by atoms with van der Waals surface area (Å²) in [7, 11) is 0. The first-order valence-corrected chi connectivity index (χ1v) is 6.06. The molecule has 3 heterocycles. The van der Waals surface area contributed by atoms with Crippen molar-refractivity contribution >= 4 is 16.9 Å². The van der Waals surface area contributed by atoms with Crippen LogP contribution in [0.2, 0.25) is 0 Å². The van der Waals surface area contributed by atoms with E-state index in [2.05, 4.69) is 9.97 Å². The van der Waals surface area contributed by atoms with Crippen LogP contribution in [-0.4, -0.2) is 32.4 Å². The highest BCUT2D eigenvalue weighted by Crippen LogP contribution is 2.31. The van der Waals surface area contributed by atoms with E-state index in [0.717, 1.165) is 23.9 Å². The van der Waals surface area contributed by atoms with Gasteiger partial charge in [-0.2, -0.15) is 0 Å². The van der Waals surface area contributed by atoms with E-state index < -0.39 is 0 Å². The number of aromatic nitrogens is 3. The zero-order valence-electron chi connectivity index (χ0n) is 10.2. The lowest BCUT2D eigenvalue weighted by atomic mass is 10.2. The molecule has 6 nitrogen and oxygen atoms in total. The Morgan fingerprint density at radius 3 is 3.06 bits per heavy atom. The number of fused-ring (bicyclic) bond motifs is 1. The van der Waals surface area contributed by atoms with E-state index in [1.165, 1.54) is 0 Å². The molecule has 3 rings (SSSR count). The molecule has 0 bridgehead atoms. The van der Waals surface area contributed by atoms with E-state index in [0.29, 0.717) is 11.6 Å². The molecule has 2 unspecified atom stereocenters. The fraction of sp³-hybridized carbons (Fsp3) is 0.500. The van der Waals surface area contributed by atoms with E-state index in [4.69, 9.17) is 15.6 Å². The fourth-order valence-corrected chi connectivity index (χ4v) is 2.43. The SMILES string of the molecule is Cc1nc(N)c2ccn(C3CCC(CO)O3)c2n1. The Kier molecular flexibility index (Phi) is 2.68. The third-order valence-electron chi connectivity index (χ3n) is 3.31. The Balaban J connectivity index is 2.03. The maximum absolute atomic E-state index is 9.10. The lowest BCUT2D eigenvalue weighted by Crippen LogP contribution is -2.14. The highest BCUT2D eigenvalue weighted by Gasteiger charge is 2.27. The number of nitrogens with two attached hydrogens (primary N) is 1. The third-order valence-corrected chi connectivity index (χ3v) is 3.31. The average molecular weight is 248 g/mol. The van der Waals surface area contributed by atoms with Gasteiger partial charge in [0.1, 0.15) is 23.5 Å². The second-order valence-electron chi connectivity index (χ2n) is 4.59. The first-order valence-electron chi connectivity index (χ1n) is 6.06. The molecular weight excluding hydrogens is 232 g/mol. The van der Waals surface area contributed by atoms with Crippen LogP contribution >= 0.6 is 0 Å². The molecule has 96 valence electrons. The maximum atomic E-state index is 9.10. The van der Waals surface area contributed by atoms with Gasteiger partial charge in [0.05, 0.1) is 18.1 Å². The highest BCUT2D eigenvalue weighted by molar-refractivity contribution is 5.86. The molecule has 0 spiro atoms. The van der Waals surface area contributed by atoms with Crippen molar-refractivity contribution in [2.45, 2.75) is 32.1 Å². The van der Waals surface area contributed by atoms with Crippen LogP contribution in [0.4, 0.5) is 5.82 Å². The molecule has 0 saturated carbocycles. The van der Waals surface area contributed by atoms with Crippen LogP contribution in [0.15, 0.2) is 12.3 Å². The molecule has 0 aromatic carbocycles. The van der Waals surface area contributed by atoms with Crippen LogP contribution in [0.1, 0.15) is 24.9 Å². The molecule has 2 aromatic rings. The highest BCUT2D eigenvalue weighted by atomic mass is 16.5. The van der Waals surface area contributed by atoms with Crippen LogP contribution in [0, 0.1) is 6.92 Å². The molecule has 1 aliphatic heterocycles. The Morgan fingerprint density at radius 1 is 1.50 bits per heavy atom. The number of rotatable bonds is 2. The summed E-state index contributed by atoms with van der Waals surface area (Å²) >= 11 is 0. The van der Waals surface area contributed by atoms with Crippen molar-refractivity contribution in [2.75, 3.05) is 12.3 Å². The first kappa shape index (κ1) is 11.4. The summed E-state index contributed by atoms with van der Waals surface area (Å²) < 4.78 is 7.72. The van der Waals surface area contributed by atoms with Crippen LogP contribution in [-0.2, 0) is 4.74 Å². The summed E-state index contributed by atoms with van der Waals surface area (Å²) in [6, 6.07) is 1.90. The molecule has 2 atom stereocenters. The summed E-state index contributed by atoms with van der Waals surface area (Å²) in [5.41, 5.74) is 6.67. The smallest absolute Gasteiger partial charge is 0.147 e. The largest absolute Gasteiger partial charge is 0.394 e. The molecule has 2 aromatic heterocycles. The zero-order chi connectivity index (χ0) is 12.7. The summed E-state index contributed by atoms with van der Waals surface area (Å²) in [5.74, 6) is 1.14. The van der Waals surface area contributed by atoms with Gasteiger partial charge in [-0.15, -0.1) is 0 Å². The molecule has 1 fully saturated rings. The van der Waals surface area contributed by atoms with Gasteiger partial charge < -0.3 is 20.1 Å². The molecule has 1 aliphatic rings. The predicted molar refractivity (Wildman–Crippen MR) is 66.9 cm³/mol. The van der Waals surface area contributed by atoms with Gasteiger partial charge in [-0.05, 0) is 25.8 Å². The van der Waals surface area contributed by atoms with Crippen LogP contribution in [0.25, 0.3) is 11.0 Å². The average Bonchev–Trinajstić information content (AvgIpc) is 2.93. The van der Waals surface area contributed by atoms with Gasteiger partial charge in [0.2, 0.25) is 0 Å². The molecule has 18 heavy (non-hydrogen) atoms. The number of hydrogen-bond donors (Lipinski definition) is 2. The molecule has 0 radical (unpaired) electrons. The van der Waals surface area contributed by atoms with Gasteiger partial charge in [-0.1, -0.05) is 0 Å². The number of nitrogens with zero attached hydrogens (tertiary/aromatic N) is 3. The van der Waals surface area contributed by atoms with Crippen molar-refractivity contribution in [3.63, 3.8) is 0 Å². The van der Waals surface area contributed by atoms with Gasteiger partial charge >= 0.3 is 0 Å². The van der Waals surface area contributed by atoms with E-state index >= 15 is 0 Å². The number of aliphatic hydroxyl groups excluding tert-OH is 1. The molecule has 3 N–H and O–H groups in total. The second-order valence-corrected chi connectivity index (χ2v) is 4.59. The topological polar surface area (TPSA) is 86.2 Å². The molecule has 0 aliphatic carbocycles. The minimum absolute atomic E-state index is 0.0614. The number of aryl methyl sites for hydroxylation is 1. The Hall–Kier alpha value is -1.66. The molecular formula is C12H16N4O2. The van der Waals surface area contributed by atoms with E-state index in [1.54, 1.807) is 0 Å². The van der Waals surface area contributed by atoms with E-state index in [1.807, 2.05) is 23.8 Å². The number of anilines is 1. The van der Waals surface area contributed by atoms with Crippen LogP contribution in [0.3, 0.4) is 0 Å². The predicted octanol–water partition coefficient (Wildman–Crippen LogP) is 0.992. The third kappa shape index (κ3) is 1.74. The number of nitrogen functional groups attached to an aromatic ring is 1. The zero-order valence-corrected chi connectivity index (χ0v) is 10.2. The summed E-state index contributed by atoms with van der Waals surface area (Å²) in [6.45, 7) is 1.88. The Bertz CT molecular complexity index is 581. The molecule has 1 saturated heterocycles. The minimum Gasteiger partial charge on any atom is -0.394 e. The normalized spacial score (nSPS) is 23.9. The van der Waals surface area contributed by atoms with Gasteiger partial charge in [-0.25, -0.2) is 9.97 Å². The lowest BCUT2D eigenvalue weighted by Gasteiger charge is -2.14. The second kappa shape index (κ2) is 4.22. The number of ether oxygens (including phenoxy) is 1. The standard InChI is InChI=1S/C12H16N4O2/c1-7-14-11(13)9-4-5-16(12(9)15-7)10-3-2-8(6-17)18-10/h4-5,8,10,17H,2-3,6H2,1H3,(H2,13,14,15). The van der Waals surface area contributed by atoms with Gasteiger partial charge in [0.25, 0.3) is 0 Å². The van der Waals surface area contributed by atoms with Gasteiger partial charge in [0, 0.05) is 6.20 Å². The van der Waals surface area contributed by atoms with Crippen molar-refractivity contribution in [1.82, 2.24) is 14.5 Å². The molecule has 0 amide bonds. The van der Waals surface area contributed by atoms with Crippen molar-refractivity contribution in [3.05, 3.63) is 18.1 Å². The Morgan fingerprint density at radius 2 is 2.33 bits per heavy atom. The number of hydrogen-bond acceptors (Lipinski definition) is 5. The van der Waals surface area contributed by atoms with Gasteiger partial charge in [-0.3, -0.25) is 0 Å². The van der Waals surface area contributed by atoms with Gasteiger partial charge in [0.15, 0.2) is 0 Å². The number of aliphatic hydroxyl groups is 1. The summed E-state index contributed by atoms with van der Waals surface area (Å²) in [4.78, 5) is 8.57. The van der Waals surface area contributed by atoms with Crippen molar-refractivity contribution in [2.24, 2.45) is 0 Å². The Labute approximate surface area is 104 Å². The monoisotopic (exact) mass is 248 g/mol. The fourth-order valence-electron chi connectivity index (χ4n) is 2.43. The maximum Gasteiger partial charge on any atom is 0.147 e. The summed E-state index contributed by atoms with van der Waals surface area (Å²) in [5, 5.41) is 9.95. The van der Waals surface area contributed by atoms with E-state index in [-0.39, 0.29) is 18.9 Å². The van der Waals surface area contributed by atoms with Crippen molar-refractivity contribution in [3.8, 4) is 0 Å².